The van der Waals surface area contributed by atoms with E-state index in [2.05, 4.69) is 16.8 Å². The van der Waals surface area contributed by atoms with E-state index in [1.54, 1.807) is 43.0 Å². The topological polar surface area (TPSA) is 123 Å². The summed E-state index contributed by atoms with van der Waals surface area (Å²) in [5.41, 5.74) is 1.82. The molecule has 1 aromatic heterocycles. The number of hydrogen-bond donors (Lipinski definition) is 3. The summed E-state index contributed by atoms with van der Waals surface area (Å²) in [5.74, 6) is 4.29. The molecule has 9 nitrogen and oxygen atoms in total. The number of hydrogen-bond acceptors (Lipinski definition) is 7. The Balaban J connectivity index is 1.89. The Morgan fingerprint density at radius 1 is 1.33 bits per heavy atom. The summed E-state index contributed by atoms with van der Waals surface area (Å²) in [4.78, 5) is 32.8. The highest BCUT2D eigenvalue weighted by Crippen LogP contribution is 2.27. The van der Waals surface area contributed by atoms with Gasteiger partial charge in [-0.15, -0.1) is 0 Å². The van der Waals surface area contributed by atoms with Gasteiger partial charge in [0.2, 0.25) is 5.88 Å². The lowest BCUT2D eigenvalue weighted by molar-refractivity contribution is 0.0324. The number of carbonyl (C=O) groups is 2. The molecule has 3 rings (SSSR count). The number of likely N-dealkylation sites (N-methyl/N-ethyl adjacent to an activating group) is 1. The Morgan fingerprint density at radius 3 is 2.75 bits per heavy atom. The molecular weight excluding hydrogens is 462 g/mol. The summed E-state index contributed by atoms with van der Waals surface area (Å²) in [7, 11) is 1.92. The van der Waals surface area contributed by atoms with E-state index < -0.39 is 18.1 Å². The number of carbonyl (C=O) groups excluding carboxylic acids is 1. The molecule has 0 radical (unpaired) electrons. The van der Waals surface area contributed by atoms with Gasteiger partial charge < -0.3 is 25.0 Å². The Labute approximate surface area is 211 Å². The maximum Gasteiger partial charge on any atom is 0.335 e. The number of aliphatic hydroxyl groups is 2. The highest BCUT2D eigenvalue weighted by molar-refractivity contribution is 5.97. The summed E-state index contributed by atoms with van der Waals surface area (Å²) in [5, 5.41) is 28.5. The van der Waals surface area contributed by atoms with Crippen molar-refractivity contribution in [3.63, 3.8) is 0 Å². The van der Waals surface area contributed by atoms with E-state index in [-0.39, 0.29) is 41.5 Å². The van der Waals surface area contributed by atoms with Crippen molar-refractivity contribution in [3.8, 4) is 17.7 Å². The summed E-state index contributed by atoms with van der Waals surface area (Å²) in [6.07, 6.45) is 0.354. The van der Waals surface area contributed by atoms with Crippen LogP contribution in [-0.4, -0.2) is 87.0 Å². The first-order valence-corrected chi connectivity index (χ1v) is 11.9. The Bertz CT molecular complexity index is 1160. The van der Waals surface area contributed by atoms with Gasteiger partial charge in [0.1, 0.15) is 17.8 Å². The van der Waals surface area contributed by atoms with E-state index in [9.17, 15) is 24.9 Å². The highest BCUT2D eigenvalue weighted by Gasteiger charge is 2.34. The number of rotatable bonds is 7. The number of benzene rings is 1. The molecule has 9 heteroatoms. The number of carboxylic acid groups (broad SMARTS) is 1. The maximum absolute atomic E-state index is 13.4. The highest BCUT2D eigenvalue weighted by atomic mass is 16.5. The molecule has 192 valence electrons. The van der Waals surface area contributed by atoms with Gasteiger partial charge in [-0.1, -0.05) is 30.9 Å². The van der Waals surface area contributed by atoms with Gasteiger partial charge in [-0.05, 0) is 44.7 Å². The number of aliphatic hydroxyl groups excluding tert-OH is 2. The van der Waals surface area contributed by atoms with Crippen LogP contribution in [0, 0.1) is 17.8 Å². The van der Waals surface area contributed by atoms with Crippen molar-refractivity contribution in [2.45, 2.75) is 45.6 Å². The molecule has 0 saturated heterocycles. The molecule has 1 aliphatic heterocycles. The molecule has 36 heavy (non-hydrogen) atoms. The first-order chi connectivity index (χ1) is 17.1. The van der Waals surface area contributed by atoms with Crippen LogP contribution in [0.25, 0.3) is 0 Å². The number of carboxylic acids is 1. The smallest absolute Gasteiger partial charge is 0.335 e. The van der Waals surface area contributed by atoms with Crippen molar-refractivity contribution >= 4 is 11.9 Å². The van der Waals surface area contributed by atoms with Crippen LogP contribution < -0.4 is 4.74 Å². The van der Waals surface area contributed by atoms with Crippen LogP contribution in [0.15, 0.2) is 36.5 Å². The minimum absolute atomic E-state index is 0.0830. The van der Waals surface area contributed by atoms with Crippen LogP contribution in [0.3, 0.4) is 0 Å². The largest absolute Gasteiger partial charge is 0.478 e. The molecule has 1 amide bonds. The summed E-state index contributed by atoms with van der Waals surface area (Å²) in [6, 6.07) is 8.00. The molecule has 0 aliphatic carbocycles. The first-order valence-electron chi connectivity index (χ1n) is 11.9. The van der Waals surface area contributed by atoms with Gasteiger partial charge in [-0.2, -0.15) is 0 Å². The Morgan fingerprint density at radius 2 is 2.08 bits per heavy atom. The average molecular weight is 496 g/mol. The van der Waals surface area contributed by atoms with E-state index in [1.807, 2.05) is 24.9 Å². The zero-order valence-corrected chi connectivity index (χ0v) is 21.0. The molecule has 2 heterocycles. The molecule has 0 spiro atoms. The minimum atomic E-state index is -0.973. The van der Waals surface area contributed by atoms with Crippen molar-refractivity contribution in [1.29, 1.82) is 0 Å². The van der Waals surface area contributed by atoms with E-state index in [0.29, 0.717) is 25.2 Å². The zero-order chi connectivity index (χ0) is 26.4. The molecule has 3 N–H and O–H groups in total. The number of nitrogens with zero attached hydrogens (tertiary/aromatic N) is 3. The zero-order valence-electron chi connectivity index (χ0n) is 21.0. The van der Waals surface area contributed by atoms with Crippen molar-refractivity contribution in [2.24, 2.45) is 5.92 Å². The van der Waals surface area contributed by atoms with Gasteiger partial charge in [0.15, 0.2) is 0 Å². The van der Waals surface area contributed by atoms with E-state index in [1.165, 1.54) is 6.20 Å². The number of amides is 1. The predicted molar refractivity (Wildman–Crippen MR) is 134 cm³/mol. The molecule has 4 atom stereocenters. The van der Waals surface area contributed by atoms with Gasteiger partial charge in [-0.25, -0.2) is 9.78 Å². The van der Waals surface area contributed by atoms with Crippen LogP contribution in [0.5, 0.6) is 5.88 Å². The van der Waals surface area contributed by atoms with E-state index in [4.69, 9.17) is 4.74 Å². The fourth-order valence-corrected chi connectivity index (χ4v) is 4.06. The number of pyridine rings is 1. The first kappa shape index (κ1) is 27.1. The second-order valence-electron chi connectivity index (χ2n) is 9.35. The molecular formula is C27H33N3O6. The lowest BCUT2D eigenvalue weighted by atomic mass is 9.99. The second kappa shape index (κ2) is 12.0. The molecule has 0 bridgehead atoms. The second-order valence-corrected chi connectivity index (χ2v) is 9.35. The number of ether oxygens (including phenoxy) is 1. The SMILES string of the molecule is C[C@H](O)C#Cc1cnc2c(c1)C(=O)N([C@@H](C)CO)C[C@@H](C)[C@@H](CN(C)Cc1cccc(C(=O)O)c1)O2. The molecule has 0 saturated carbocycles. The third-order valence-electron chi connectivity index (χ3n) is 6.06. The van der Waals surface area contributed by atoms with Gasteiger partial charge >= 0.3 is 5.97 Å². The Kier molecular flexibility index (Phi) is 9.04. The lowest BCUT2D eigenvalue weighted by Crippen LogP contribution is -2.49. The predicted octanol–water partition coefficient (Wildman–Crippen LogP) is 1.86. The quantitative estimate of drug-likeness (QED) is 0.498. The van der Waals surface area contributed by atoms with Crippen LogP contribution in [0.4, 0.5) is 0 Å². The standard InChI is InChI=1S/C27H33N3O6/c1-17-13-30(18(2)16-31)26(33)23-11-20(9-8-19(3)32)12-28-25(23)36-24(17)15-29(4)14-21-6-5-7-22(10-21)27(34)35/h5-7,10-12,17-19,24,31-32H,13-16H2,1-4H3,(H,34,35)/t17-,18+,19+,24-/m1/s1. The fraction of sp³-hybridized carbons (Fsp3) is 0.444. The molecule has 0 unspecified atom stereocenters. The van der Waals surface area contributed by atoms with Gasteiger partial charge in [0, 0.05) is 37.3 Å². The van der Waals surface area contributed by atoms with Crippen LogP contribution in [0.1, 0.15) is 52.6 Å². The van der Waals surface area contributed by atoms with Gasteiger partial charge in [0.25, 0.3) is 5.91 Å². The monoisotopic (exact) mass is 495 g/mol. The molecule has 1 aromatic carbocycles. The minimum Gasteiger partial charge on any atom is -0.478 e. The number of aromatic carboxylic acids is 1. The average Bonchev–Trinajstić information content (AvgIpc) is 2.84. The van der Waals surface area contributed by atoms with Crippen molar-refractivity contribution in [3.05, 3.63) is 58.8 Å². The van der Waals surface area contributed by atoms with Crippen molar-refractivity contribution < 1.29 is 29.6 Å². The number of fused-ring (bicyclic) bond motifs is 1. The number of aromatic nitrogens is 1. The molecule has 2 aromatic rings. The third-order valence-corrected chi connectivity index (χ3v) is 6.06. The summed E-state index contributed by atoms with van der Waals surface area (Å²) in [6.45, 7) is 6.52. The van der Waals surface area contributed by atoms with Gasteiger partial charge in [0.05, 0.1) is 18.2 Å². The third kappa shape index (κ3) is 6.82. The fourth-order valence-electron chi connectivity index (χ4n) is 4.06. The van der Waals surface area contributed by atoms with Crippen LogP contribution in [-0.2, 0) is 6.54 Å². The normalized spacial score (nSPS) is 19.3. The molecule has 1 aliphatic rings. The summed E-state index contributed by atoms with van der Waals surface area (Å²) < 4.78 is 6.28. The maximum atomic E-state index is 13.4. The van der Waals surface area contributed by atoms with Crippen molar-refractivity contribution in [1.82, 2.24) is 14.8 Å². The van der Waals surface area contributed by atoms with Gasteiger partial charge in [-0.3, -0.25) is 9.69 Å². The van der Waals surface area contributed by atoms with Crippen molar-refractivity contribution in [2.75, 3.05) is 26.7 Å². The summed E-state index contributed by atoms with van der Waals surface area (Å²) >= 11 is 0. The lowest BCUT2D eigenvalue weighted by Gasteiger charge is -2.37. The Hall–Kier alpha value is -3.45. The van der Waals surface area contributed by atoms with E-state index in [0.717, 1.165) is 5.56 Å². The van der Waals surface area contributed by atoms with Crippen LogP contribution in [0.2, 0.25) is 0 Å². The van der Waals surface area contributed by atoms with E-state index >= 15 is 0 Å². The molecule has 0 fully saturated rings. The van der Waals surface area contributed by atoms with Crippen LogP contribution >= 0.6 is 0 Å².